The largest absolute Gasteiger partial charge is 0.383 e. The van der Waals surface area contributed by atoms with Gasteiger partial charge in [-0.25, -0.2) is 14.4 Å². The topological polar surface area (TPSA) is 51.8 Å². The van der Waals surface area contributed by atoms with Gasteiger partial charge in [0.05, 0.1) is 10.2 Å². The quantitative estimate of drug-likeness (QED) is 0.890. The summed E-state index contributed by atoms with van der Waals surface area (Å²) in [5, 5.41) is 0. The van der Waals surface area contributed by atoms with E-state index in [-0.39, 0.29) is 5.82 Å². The Labute approximate surface area is 125 Å². The summed E-state index contributed by atoms with van der Waals surface area (Å²) in [6, 6.07) is 6.17. The van der Waals surface area contributed by atoms with Crippen molar-refractivity contribution >= 4 is 21.7 Å². The fraction of sp³-hybridized carbons (Fsp3) is 0.333. The fourth-order valence-electron chi connectivity index (χ4n) is 2.68. The summed E-state index contributed by atoms with van der Waals surface area (Å²) in [4.78, 5) is 8.96. The maximum atomic E-state index is 13.0. The van der Waals surface area contributed by atoms with Gasteiger partial charge in [-0.2, -0.15) is 0 Å². The number of nitrogens with zero attached hydrogens (tertiary/aromatic N) is 2. The summed E-state index contributed by atoms with van der Waals surface area (Å²) in [5.74, 6) is 1.18. The first-order chi connectivity index (χ1) is 9.65. The number of aromatic nitrogens is 2. The van der Waals surface area contributed by atoms with Gasteiger partial charge in [-0.3, -0.25) is 0 Å². The van der Waals surface area contributed by atoms with E-state index in [9.17, 15) is 4.39 Å². The van der Waals surface area contributed by atoms with Gasteiger partial charge in [0, 0.05) is 11.5 Å². The van der Waals surface area contributed by atoms with Gasteiger partial charge >= 0.3 is 0 Å². The molecular formula is C15H15BrFN3. The molecule has 1 aliphatic carbocycles. The molecule has 0 spiro atoms. The molecule has 0 aliphatic heterocycles. The Morgan fingerprint density at radius 3 is 2.40 bits per heavy atom. The lowest BCUT2D eigenvalue weighted by atomic mass is 10.0. The average molecular weight is 336 g/mol. The second-order valence-electron chi connectivity index (χ2n) is 5.12. The summed E-state index contributed by atoms with van der Waals surface area (Å²) >= 11 is 3.50. The molecule has 1 aliphatic rings. The predicted molar refractivity (Wildman–Crippen MR) is 80.7 cm³/mol. The third-order valence-corrected chi connectivity index (χ3v) is 4.56. The Bertz CT molecular complexity index is 622. The van der Waals surface area contributed by atoms with Crippen LogP contribution in [0.25, 0.3) is 11.4 Å². The maximum absolute atomic E-state index is 13.0. The third kappa shape index (κ3) is 2.54. The molecule has 1 fully saturated rings. The van der Waals surface area contributed by atoms with Crippen LogP contribution < -0.4 is 5.73 Å². The van der Waals surface area contributed by atoms with Gasteiger partial charge in [-0.15, -0.1) is 0 Å². The first-order valence-corrected chi connectivity index (χ1v) is 7.53. The molecule has 2 N–H and O–H groups in total. The van der Waals surface area contributed by atoms with Crippen molar-refractivity contribution in [2.45, 2.75) is 31.6 Å². The molecule has 1 heterocycles. The van der Waals surface area contributed by atoms with E-state index in [1.165, 1.54) is 25.0 Å². The second-order valence-corrected chi connectivity index (χ2v) is 5.91. The molecule has 1 aromatic carbocycles. The van der Waals surface area contributed by atoms with Crippen LogP contribution in [0.2, 0.25) is 0 Å². The van der Waals surface area contributed by atoms with E-state index < -0.39 is 0 Å². The lowest BCUT2D eigenvalue weighted by Gasteiger charge is -2.14. The first-order valence-electron chi connectivity index (χ1n) is 6.74. The zero-order valence-electron chi connectivity index (χ0n) is 10.9. The Balaban J connectivity index is 2.05. The van der Waals surface area contributed by atoms with Gasteiger partial charge in [-0.1, -0.05) is 12.8 Å². The highest BCUT2D eigenvalue weighted by molar-refractivity contribution is 9.10. The number of hydrogen-bond acceptors (Lipinski definition) is 3. The van der Waals surface area contributed by atoms with Gasteiger partial charge < -0.3 is 5.73 Å². The van der Waals surface area contributed by atoms with Crippen LogP contribution >= 0.6 is 15.9 Å². The van der Waals surface area contributed by atoms with Crippen molar-refractivity contribution in [3.63, 3.8) is 0 Å². The number of benzene rings is 1. The minimum absolute atomic E-state index is 0.269. The van der Waals surface area contributed by atoms with Crippen molar-refractivity contribution in [1.29, 1.82) is 0 Å². The molecule has 1 saturated carbocycles. The average Bonchev–Trinajstić information content (AvgIpc) is 2.96. The van der Waals surface area contributed by atoms with Crippen LogP contribution in [0, 0.1) is 5.82 Å². The van der Waals surface area contributed by atoms with Gasteiger partial charge in [0.1, 0.15) is 11.6 Å². The standard InChI is InChI=1S/C15H15BrFN3/c16-12-13(9-3-1-2-4-9)19-15(20-14(12)18)10-5-7-11(17)8-6-10/h5-9H,1-4H2,(H2,18,19,20). The number of rotatable bonds is 2. The molecule has 104 valence electrons. The van der Waals surface area contributed by atoms with E-state index in [0.29, 0.717) is 17.6 Å². The van der Waals surface area contributed by atoms with E-state index in [1.807, 2.05) is 0 Å². The number of nitrogen functional groups attached to an aromatic ring is 1. The molecule has 0 amide bonds. The molecule has 0 atom stereocenters. The van der Waals surface area contributed by atoms with Gasteiger partial charge in [0.15, 0.2) is 5.82 Å². The number of anilines is 1. The third-order valence-electron chi connectivity index (χ3n) is 3.75. The zero-order chi connectivity index (χ0) is 14.1. The molecule has 0 unspecified atom stereocenters. The van der Waals surface area contributed by atoms with Crippen molar-refractivity contribution in [1.82, 2.24) is 9.97 Å². The van der Waals surface area contributed by atoms with E-state index in [2.05, 4.69) is 25.9 Å². The summed E-state index contributed by atoms with van der Waals surface area (Å²) < 4.78 is 13.8. The van der Waals surface area contributed by atoms with E-state index >= 15 is 0 Å². The van der Waals surface area contributed by atoms with E-state index in [0.717, 1.165) is 28.6 Å². The summed E-state index contributed by atoms with van der Waals surface area (Å²) in [5.41, 5.74) is 7.75. The highest BCUT2D eigenvalue weighted by Crippen LogP contribution is 2.38. The SMILES string of the molecule is Nc1nc(-c2ccc(F)cc2)nc(C2CCCC2)c1Br. The van der Waals surface area contributed by atoms with Crippen LogP contribution in [0.5, 0.6) is 0 Å². The molecule has 0 saturated heterocycles. The Morgan fingerprint density at radius 2 is 1.75 bits per heavy atom. The molecule has 0 radical (unpaired) electrons. The Morgan fingerprint density at radius 1 is 1.10 bits per heavy atom. The molecule has 2 aromatic rings. The summed E-state index contributed by atoms with van der Waals surface area (Å²) in [6.07, 6.45) is 4.73. The van der Waals surface area contributed by atoms with Gasteiger partial charge in [-0.05, 0) is 53.0 Å². The van der Waals surface area contributed by atoms with Crippen molar-refractivity contribution in [2.24, 2.45) is 0 Å². The molecule has 20 heavy (non-hydrogen) atoms. The fourth-order valence-corrected chi connectivity index (χ4v) is 3.18. The lowest BCUT2D eigenvalue weighted by Crippen LogP contribution is -2.05. The number of halogens is 2. The van der Waals surface area contributed by atoms with E-state index in [4.69, 9.17) is 5.73 Å². The van der Waals surface area contributed by atoms with Crippen molar-refractivity contribution in [3.8, 4) is 11.4 Å². The van der Waals surface area contributed by atoms with Crippen LogP contribution in [-0.4, -0.2) is 9.97 Å². The monoisotopic (exact) mass is 335 g/mol. The van der Waals surface area contributed by atoms with Crippen LogP contribution in [0.15, 0.2) is 28.7 Å². The van der Waals surface area contributed by atoms with Crippen molar-refractivity contribution < 1.29 is 4.39 Å². The number of hydrogen-bond donors (Lipinski definition) is 1. The first kappa shape index (κ1) is 13.5. The summed E-state index contributed by atoms with van der Waals surface area (Å²) in [7, 11) is 0. The minimum Gasteiger partial charge on any atom is -0.383 e. The smallest absolute Gasteiger partial charge is 0.161 e. The Kier molecular flexibility index (Phi) is 3.70. The Hall–Kier alpha value is -1.49. The van der Waals surface area contributed by atoms with Crippen LogP contribution in [0.1, 0.15) is 37.3 Å². The predicted octanol–water partition coefficient (Wildman–Crippen LogP) is 4.29. The van der Waals surface area contributed by atoms with Crippen LogP contribution in [0.3, 0.4) is 0 Å². The highest BCUT2D eigenvalue weighted by atomic mass is 79.9. The lowest BCUT2D eigenvalue weighted by molar-refractivity contribution is 0.628. The molecule has 3 rings (SSSR count). The normalized spacial score (nSPS) is 15.7. The molecule has 1 aromatic heterocycles. The number of nitrogens with two attached hydrogens (primary N) is 1. The molecule has 3 nitrogen and oxygen atoms in total. The zero-order valence-corrected chi connectivity index (χ0v) is 12.5. The van der Waals surface area contributed by atoms with Crippen molar-refractivity contribution in [3.05, 3.63) is 40.2 Å². The van der Waals surface area contributed by atoms with Gasteiger partial charge in [0.25, 0.3) is 0 Å². The molecule has 0 bridgehead atoms. The minimum atomic E-state index is -0.269. The molecule has 5 heteroatoms. The highest BCUT2D eigenvalue weighted by Gasteiger charge is 2.23. The van der Waals surface area contributed by atoms with Gasteiger partial charge in [0.2, 0.25) is 0 Å². The second kappa shape index (κ2) is 5.48. The van der Waals surface area contributed by atoms with Crippen LogP contribution in [-0.2, 0) is 0 Å². The van der Waals surface area contributed by atoms with E-state index in [1.54, 1.807) is 12.1 Å². The van der Waals surface area contributed by atoms with Crippen molar-refractivity contribution in [2.75, 3.05) is 5.73 Å². The van der Waals surface area contributed by atoms with Crippen LogP contribution in [0.4, 0.5) is 10.2 Å². The summed E-state index contributed by atoms with van der Waals surface area (Å²) in [6.45, 7) is 0. The molecular weight excluding hydrogens is 321 g/mol. The maximum Gasteiger partial charge on any atom is 0.161 e.